The van der Waals surface area contributed by atoms with Gasteiger partial charge < -0.3 is 10.0 Å². The van der Waals surface area contributed by atoms with Crippen LogP contribution in [-0.2, 0) is 4.79 Å². The number of piperidine rings is 1. The molecule has 1 aliphatic rings. The molecule has 2 rings (SSSR count). The summed E-state index contributed by atoms with van der Waals surface area (Å²) in [6.07, 6.45) is 2.28. The third kappa shape index (κ3) is 2.44. The molecule has 1 aromatic rings. The molecule has 0 aromatic carbocycles. The number of hydrogen-bond donors (Lipinski definition) is 1. The van der Waals surface area contributed by atoms with Crippen LogP contribution in [0, 0.1) is 6.92 Å². The van der Waals surface area contributed by atoms with Crippen molar-refractivity contribution in [1.82, 2.24) is 4.90 Å². The lowest BCUT2D eigenvalue weighted by Crippen LogP contribution is -2.47. The van der Waals surface area contributed by atoms with Crippen LogP contribution in [0.3, 0.4) is 0 Å². The number of carboxylic acid groups (broad SMARTS) is 1. The summed E-state index contributed by atoms with van der Waals surface area (Å²) in [4.78, 5) is 25.7. The van der Waals surface area contributed by atoms with Crippen molar-refractivity contribution in [2.45, 2.75) is 32.2 Å². The fraction of sp³-hybridized carbons (Fsp3) is 0.500. The zero-order chi connectivity index (χ0) is 13.3. The Morgan fingerprint density at radius 3 is 2.78 bits per heavy atom. The first-order chi connectivity index (χ1) is 8.52. The second-order valence-corrected chi connectivity index (χ2v) is 6.08. The van der Waals surface area contributed by atoms with E-state index in [2.05, 4.69) is 15.9 Å². The summed E-state index contributed by atoms with van der Waals surface area (Å²) < 4.78 is 0.784. The largest absolute Gasteiger partial charge is 0.480 e. The molecule has 18 heavy (non-hydrogen) atoms. The highest BCUT2D eigenvalue weighted by Gasteiger charge is 2.33. The number of aliphatic carboxylic acids is 1. The monoisotopic (exact) mass is 331 g/mol. The van der Waals surface area contributed by atoms with Crippen LogP contribution in [0.4, 0.5) is 0 Å². The minimum absolute atomic E-state index is 0.174. The predicted octanol–water partition coefficient (Wildman–Crippen LogP) is 2.90. The number of thiophene rings is 1. The van der Waals surface area contributed by atoms with Crippen molar-refractivity contribution in [3.8, 4) is 0 Å². The fourth-order valence-corrected chi connectivity index (χ4v) is 3.75. The maximum atomic E-state index is 12.4. The van der Waals surface area contributed by atoms with Crippen LogP contribution >= 0.6 is 27.3 Å². The molecule has 0 bridgehead atoms. The molecule has 1 N–H and O–H groups in total. The first-order valence-corrected chi connectivity index (χ1v) is 7.47. The number of nitrogens with zero attached hydrogens (tertiary/aromatic N) is 1. The third-order valence-corrected chi connectivity index (χ3v) is 5.51. The normalized spacial score (nSPS) is 19.9. The molecule has 98 valence electrons. The van der Waals surface area contributed by atoms with E-state index >= 15 is 0 Å². The molecule has 0 spiro atoms. The molecule has 1 unspecified atom stereocenters. The zero-order valence-electron chi connectivity index (χ0n) is 9.98. The molecule has 1 aliphatic heterocycles. The van der Waals surface area contributed by atoms with E-state index < -0.39 is 12.0 Å². The van der Waals surface area contributed by atoms with Crippen molar-refractivity contribution < 1.29 is 14.7 Å². The Hall–Kier alpha value is -0.880. The van der Waals surface area contributed by atoms with Gasteiger partial charge in [-0.15, -0.1) is 11.3 Å². The van der Waals surface area contributed by atoms with Crippen LogP contribution < -0.4 is 0 Å². The van der Waals surface area contributed by atoms with E-state index in [-0.39, 0.29) is 5.91 Å². The highest BCUT2D eigenvalue weighted by Crippen LogP contribution is 2.30. The van der Waals surface area contributed by atoms with Crippen LogP contribution in [0.5, 0.6) is 0 Å². The second kappa shape index (κ2) is 5.40. The molecule has 1 fully saturated rings. The van der Waals surface area contributed by atoms with E-state index in [1.54, 1.807) is 0 Å². The second-order valence-electron chi connectivity index (χ2n) is 4.41. The summed E-state index contributed by atoms with van der Waals surface area (Å²) in [5.41, 5.74) is 1.01. The van der Waals surface area contributed by atoms with Crippen LogP contribution in [-0.4, -0.2) is 34.5 Å². The Balaban J connectivity index is 2.26. The lowest BCUT2D eigenvalue weighted by molar-refractivity contribution is -0.143. The van der Waals surface area contributed by atoms with Crippen LogP contribution in [0.15, 0.2) is 9.85 Å². The lowest BCUT2D eigenvalue weighted by Gasteiger charge is -2.32. The van der Waals surface area contributed by atoms with Crippen molar-refractivity contribution >= 4 is 39.1 Å². The SMILES string of the molecule is Cc1csc(C(=O)N2CCCCC2C(=O)O)c1Br. The van der Waals surface area contributed by atoms with Crippen molar-refractivity contribution in [1.29, 1.82) is 0 Å². The quantitative estimate of drug-likeness (QED) is 0.906. The molecule has 6 heteroatoms. The van der Waals surface area contributed by atoms with Crippen molar-refractivity contribution in [3.05, 3.63) is 20.3 Å². The summed E-state index contributed by atoms with van der Waals surface area (Å²) in [5.74, 6) is -1.08. The Morgan fingerprint density at radius 2 is 2.22 bits per heavy atom. The topological polar surface area (TPSA) is 57.6 Å². The van der Waals surface area contributed by atoms with Gasteiger partial charge in [-0.1, -0.05) is 0 Å². The minimum atomic E-state index is -0.910. The average Bonchev–Trinajstić information content (AvgIpc) is 2.69. The van der Waals surface area contributed by atoms with E-state index in [4.69, 9.17) is 0 Å². The summed E-state index contributed by atoms with van der Waals surface area (Å²) >= 11 is 4.75. The van der Waals surface area contributed by atoms with Crippen molar-refractivity contribution in [2.24, 2.45) is 0 Å². The fourth-order valence-electron chi connectivity index (χ4n) is 2.14. The Bertz CT molecular complexity index is 486. The molecular formula is C12H14BrNO3S. The van der Waals surface area contributed by atoms with E-state index in [9.17, 15) is 14.7 Å². The smallest absolute Gasteiger partial charge is 0.326 e. The number of rotatable bonds is 2. The number of carbonyl (C=O) groups is 2. The third-order valence-electron chi connectivity index (χ3n) is 3.14. The van der Waals surface area contributed by atoms with Gasteiger partial charge in [-0.25, -0.2) is 4.79 Å². The number of aryl methyl sites for hydroxylation is 1. The van der Waals surface area contributed by atoms with E-state index in [1.807, 2.05) is 12.3 Å². The van der Waals surface area contributed by atoms with Gasteiger partial charge in [0, 0.05) is 11.0 Å². The van der Waals surface area contributed by atoms with Gasteiger partial charge in [0.2, 0.25) is 0 Å². The molecule has 0 aliphatic carbocycles. The van der Waals surface area contributed by atoms with Crippen LogP contribution in [0.25, 0.3) is 0 Å². The van der Waals surface area contributed by atoms with Crippen LogP contribution in [0.2, 0.25) is 0 Å². The van der Waals surface area contributed by atoms with Gasteiger partial charge in [0.25, 0.3) is 5.91 Å². The lowest BCUT2D eigenvalue weighted by atomic mass is 10.0. The summed E-state index contributed by atoms with van der Waals surface area (Å²) in [5, 5.41) is 11.1. The number of amides is 1. The summed E-state index contributed by atoms with van der Waals surface area (Å²) in [6.45, 7) is 2.45. The van der Waals surface area contributed by atoms with E-state index in [0.717, 1.165) is 22.9 Å². The number of halogens is 1. The maximum absolute atomic E-state index is 12.4. The minimum Gasteiger partial charge on any atom is -0.480 e. The van der Waals surface area contributed by atoms with E-state index in [1.165, 1.54) is 16.2 Å². The van der Waals surface area contributed by atoms with Gasteiger partial charge >= 0.3 is 5.97 Å². The number of hydrogen-bond acceptors (Lipinski definition) is 3. The Labute approximate surface area is 118 Å². The van der Waals surface area contributed by atoms with Crippen molar-refractivity contribution in [2.75, 3.05) is 6.54 Å². The molecule has 0 saturated carbocycles. The Kier molecular flexibility index (Phi) is 4.07. The highest BCUT2D eigenvalue weighted by molar-refractivity contribution is 9.10. The number of carbonyl (C=O) groups excluding carboxylic acids is 1. The predicted molar refractivity (Wildman–Crippen MR) is 73.1 cm³/mol. The molecule has 1 atom stereocenters. The molecule has 1 aromatic heterocycles. The Morgan fingerprint density at radius 1 is 1.50 bits per heavy atom. The van der Waals surface area contributed by atoms with Crippen molar-refractivity contribution in [3.63, 3.8) is 0 Å². The van der Waals surface area contributed by atoms with Gasteiger partial charge in [0.05, 0.1) is 0 Å². The first kappa shape index (κ1) is 13.5. The molecule has 0 radical (unpaired) electrons. The summed E-state index contributed by atoms with van der Waals surface area (Å²) in [7, 11) is 0. The van der Waals surface area contributed by atoms with Gasteiger partial charge in [-0.05, 0) is 53.1 Å². The van der Waals surface area contributed by atoms with Gasteiger partial charge in [-0.3, -0.25) is 4.79 Å². The van der Waals surface area contributed by atoms with Crippen LogP contribution in [0.1, 0.15) is 34.5 Å². The maximum Gasteiger partial charge on any atom is 0.326 e. The van der Waals surface area contributed by atoms with Gasteiger partial charge in [-0.2, -0.15) is 0 Å². The molecule has 2 heterocycles. The van der Waals surface area contributed by atoms with Gasteiger partial charge in [0.1, 0.15) is 10.9 Å². The van der Waals surface area contributed by atoms with Gasteiger partial charge in [0.15, 0.2) is 0 Å². The standard InChI is InChI=1S/C12H14BrNO3S/c1-7-6-18-10(9(7)13)11(15)14-5-3-2-4-8(14)12(16)17/h6,8H,2-5H2,1H3,(H,16,17). The van der Waals surface area contributed by atoms with E-state index in [0.29, 0.717) is 17.8 Å². The molecular weight excluding hydrogens is 318 g/mol. The highest BCUT2D eigenvalue weighted by atomic mass is 79.9. The average molecular weight is 332 g/mol. The first-order valence-electron chi connectivity index (χ1n) is 5.79. The molecule has 4 nitrogen and oxygen atoms in total. The zero-order valence-corrected chi connectivity index (χ0v) is 12.4. The number of carboxylic acids is 1. The molecule has 1 amide bonds. The molecule has 1 saturated heterocycles. The number of likely N-dealkylation sites (tertiary alicyclic amines) is 1. The summed E-state index contributed by atoms with van der Waals surface area (Å²) in [6, 6.07) is -0.680.